The van der Waals surface area contributed by atoms with Crippen LogP contribution in [0.2, 0.25) is 0 Å². The Labute approximate surface area is 217 Å². The number of fused-ring (bicyclic) bond motifs is 1. The smallest absolute Gasteiger partial charge is 0.127 e. The first kappa shape index (κ1) is 26.5. The second-order valence-corrected chi connectivity index (χ2v) is 12.3. The molecule has 0 spiro atoms. The van der Waals surface area contributed by atoms with E-state index in [1.54, 1.807) is 6.07 Å². The fraction of sp³-hybridized carbons (Fsp3) is 0.515. The van der Waals surface area contributed by atoms with Crippen molar-refractivity contribution in [2.75, 3.05) is 0 Å². The van der Waals surface area contributed by atoms with Crippen LogP contribution in [0.1, 0.15) is 77.3 Å². The van der Waals surface area contributed by atoms with Crippen LogP contribution in [0.15, 0.2) is 61.7 Å². The molecule has 3 heteroatoms. The van der Waals surface area contributed by atoms with Crippen LogP contribution in [-0.2, 0) is 12.8 Å². The van der Waals surface area contributed by atoms with Gasteiger partial charge in [0.05, 0.1) is 5.60 Å². The Bertz CT molecular complexity index is 1110. The average Bonchev–Trinajstić information content (AvgIpc) is 2.81. The molecule has 2 aromatic carbocycles. The number of benzene rings is 2. The Kier molecular flexibility index (Phi) is 7.44. The molecule has 0 radical (unpaired) electrons. The van der Waals surface area contributed by atoms with Crippen molar-refractivity contribution in [1.29, 1.82) is 0 Å². The lowest BCUT2D eigenvalue weighted by Gasteiger charge is -2.57. The number of hydrogen-bond acceptors (Lipinski definition) is 3. The number of hydrogen-bond donors (Lipinski definition) is 2. The van der Waals surface area contributed by atoms with Gasteiger partial charge in [0.25, 0.3) is 0 Å². The van der Waals surface area contributed by atoms with Gasteiger partial charge in [0, 0.05) is 11.5 Å². The summed E-state index contributed by atoms with van der Waals surface area (Å²) in [6, 6.07) is 12.2. The zero-order valence-corrected chi connectivity index (χ0v) is 22.6. The first-order valence-electron chi connectivity index (χ1n) is 13.6. The summed E-state index contributed by atoms with van der Waals surface area (Å²) in [5, 5.41) is 21.2. The van der Waals surface area contributed by atoms with E-state index >= 15 is 0 Å². The van der Waals surface area contributed by atoms with Crippen molar-refractivity contribution >= 4 is 0 Å². The third-order valence-electron chi connectivity index (χ3n) is 9.10. The van der Waals surface area contributed by atoms with Crippen LogP contribution >= 0.6 is 0 Å². The molecule has 4 atom stereocenters. The standard InChI is InChI=1S/C33H44O3/c1-7-10-23-12-15-29(27(20-23)24-13-14-28(34)25(21-24)11-8-2)36-33(6)18-9-17-32(5)19-16-26(22-30(32)33)31(3,4)35/h7-8,12-15,20-21,26,30,34-35H,1-2,9-11,16-19,22H2,3-6H3/t26-,30-,32-,33-/m1/s1. The highest BCUT2D eigenvalue weighted by atomic mass is 16.5. The molecule has 0 bridgehead atoms. The lowest BCUT2D eigenvalue weighted by molar-refractivity contribution is -0.131. The van der Waals surface area contributed by atoms with Gasteiger partial charge >= 0.3 is 0 Å². The third kappa shape index (κ3) is 5.27. The minimum Gasteiger partial charge on any atom is -0.508 e. The van der Waals surface area contributed by atoms with Gasteiger partial charge in [-0.1, -0.05) is 31.2 Å². The molecule has 2 saturated carbocycles. The monoisotopic (exact) mass is 488 g/mol. The molecule has 2 aliphatic rings. The molecule has 0 amide bonds. The summed E-state index contributed by atoms with van der Waals surface area (Å²) < 4.78 is 7.10. The molecule has 3 nitrogen and oxygen atoms in total. The molecule has 0 heterocycles. The third-order valence-corrected chi connectivity index (χ3v) is 9.10. The SMILES string of the molecule is C=CCc1ccc(O[C@]2(C)CCC[C@]3(C)CC[C@@H](C(C)(C)O)C[C@H]32)c(-c2ccc(O)c(CC=C)c2)c1. The summed E-state index contributed by atoms with van der Waals surface area (Å²) in [6.45, 7) is 16.4. The molecule has 2 aromatic rings. The fourth-order valence-electron chi connectivity index (χ4n) is 6.94. The van der Waals surface area contributed by atoms with Crippen LogP contribution in [0.5, 0.6) is 11.5 Å². The Morgan fingerprint density at radius 2 is 1.78 bits per heavy atom. The van der Waals surface area contributed by atoms with Gasteiger partial charge in [0.2, 0.25) is 0 Å². The summed E-state index contributed by atoms with van der Waals surface area (Å²) in [5.74, 6) is 1.83. The summed E-state index contributed by atoms with van der Waals surface area (Å²) in [4.78, 5) is 0. The summed E-state index contributed by atoms with van der Waals surface area (Å²) in [5.41, 5.74) is 3.36. The van der Waals surface area contributed by atoms with Gasteiger partial charge in [0.15, 0.2) is 0 Å². The molecule has 0 aromatic heterocycles. The zero-order chi connectivity index (χ0) is 26.1. The van der Waals surface area contributed by atoms with Gasteiger partial charge in [0.1, 0.15) is 17.1 Å². The van der Waals surface area contributed by atoms with Crippen LogP contribution in [0, 0.1) is 17.3 Å². The minimum atomic E-state index is -0.676. The zero-order valence-electron chi connectivity index (χ0n) is 22.6. The minimum absolute atomic E-state index is 0.230. The molecular formula is C33H44O3. The lowest BCUT2D eigenvalue weighted by atomic mass is 9.52. The van der Waals surface area contributed by atoms with Crippen LogP contribution < -0.4 is 4.74 Å². The van der Waals surface area contributed by atoms with Crippen LogP contribution in [-0.4, -0.2) is 21.4 Å². The van der Waals surface area contributed by atoms with Gasteiger partial charge in [-0.25, -0.2) is 0 Å². The maximum Gasteiger partial charge on any atom is 0.127 e. The number of allylic oxidation sites excluding steroid dienone is 2. The molecule has 36 heavy (non-hydrogen) atoms. The number of phenolic OH excluding ortho intramolecular Hbond substituents is 1. The van der Waals surface area contributed by atoms with E-state index in [1.807, 2.05) is 32.1 Å². The molecule has 0 saturated heterocycles. The Balaban J connectivity index is 1.75. The van der Waals surface area contributed by atoms with Crippen molar-refractivity contribution in [1.82, 2.24) is 0 Å². The van der Waals surface area contributed by atoms with Crippen LogP contribution in [0.25, 0.3) is 11.1 Å². The first-order chi connectivity index (χ1) is 17.0. The van der Waals surface area contributed by atoms with Gasteiger partial charge in [-0.05, 0) is 124 Å². The van der Waals surface area contributed by atoms with E-state index in [2.05, 4.69) is 51.3 Å². The quantitative estimate of drug-likeness (QED) is 0.370. The molecule has 2 fully saturated rings. The Morgan fingerprint density at radius 1 is 1.03 bits per heavy atom. The van der Waals surface area contributed by atoms with Gasteiger partial charge in [-0.15, -0.1) is 13.2 Å². The largest absolute Gasteiger partial charge is 0.508 e. The molecular weight excluding hydrogens is 444 g/mol. The summed E-state index contributed by atoms with van der Waals surface area (Å²) >= 11 is 0. The highest BCUT2D eigenvalue weighted by molar-refractivity contribution is 5.73. The summed E-state index contributed by atoms with van der Waals surface area (Å²) in [7, 11) is 0. The summed E-state index contributed by atoms with van der Waals surface area (Å²) in [6.07, 6.45) is 11.7. The molecule has 0 aliphatic heterocycles. The van der Waals surface area contributed by atoms with E-state index in [4.69, 9.17) is 4.74 Å². The van der Waals surface area contributed by atoms with Crippen molar-refractivity contribution in [2.45, 2.75) is 90.3 Å². The Morgan fingerprint density at radius 3 is 2.47 bits per heavy atom. The van der Waals surface area contributed by atoms with E-state index in [1.165, 1.54) is 12.0 Å². The number of phenols is 1. The molecule has 2 N–H and O–H groups in total. The van der Waals surface area contributed by atoms with Gasteiger partial charge < -0.3 is 14.9 Å². The van der Waals surface area contributed by atoms with E-state index in [-0.39, 0.29) is 16.9 Å². The van der Waals surface area contributed by atoms with Gasteiger partial charge in [-0.3, -0.25) is 0 Å². The normalized spacial score (nSPS) is 28.2. The van der Waals surface area contributed by atoms with Crippen molar-refractivity contribution < 1.29 is 14.9 Å². The number of aliphatic hydroxyl groups is 1. The van der Waals surface area contributed by atoms with Crippen molar-refractivity contribution in [2.24, 2.45) is 17.3 Å². The second kappa shape index (κ2) is 10.1. The van der Waals surface area contributed by atoms with E-state index in [0.717, 1.165) is 61.0 Å². The lowest BCUT2D eigenvalue weighted by Crippen LogP contribution is -2.56. The fourth-order valence-corrected chi connectivity index (χ4v) is 6.94. The van der Waals surface area contributed by atoms with E-state index in [0.29, 0.717) is 18.1 Å². The molecule has 194 valence electrons. The topological polar surface area (TPSA) is 49.7 Å². The predicted octanol–water partition coefficient (Wildman–Crippen LogP) is 8.03. The van der Waals surface area contributed by atoms with Crippen molar-refractivity contribution in [3.05, 3.63) is 72.8 Å². The Hall–Kier alpha value is -2.52. The van der Waals surface area contributed by atoms with E-state index < -0.39 is 5.60 Å². The van der Waals surface area contributed by atoms with Crippen molar-refractivity contribution in [3.63, 3.8) is 0 Å². The van der Waals surface area contributed by atoms with E-state index in [9.17, 15) is 10.2 Å². The van der Waals surface area contributed by atoms with Crippen LogP contribution in [0.3, 0.4) is 0 Å². The molecule has 2 aliphatic carbocycles. The number of aromatic hydroxyl groups is 1. The maximum absolute atomic E-state index is 10.9. The second-order valence-electron chi connectivity index (χ2n) is 12.3. The van der Waals surface area contributed by atoms with Gasteiger partial charge in [-0.2, -0.15) is 0 Å². The average molecular weight is 489 g/mol. The maximum atomic E-state index is 10.9. The highest BCUT2D eigenvalue weighted by Gasteiger charge is 2.54. The van der Waals surface area contributed by atoms with Crippen LogP contribution in [0.4, 0.5) is 0 Å². The first-order valence-corrected chi connectivity index (χ1v) is 13.6. The number of rotatable bonds is 8. The van der Waals surface area contributed by atoms with Crippen molar-refractivity contribution in [3.8, 4) is 22.6 Å². The highest BCUT2D eigenvalue weighted by Crippen LogP contribution is 2.58. The predicted molar refractivity (Wildman–Crippen MR) is 149 cm³/mol. The molecule has 0 unspecified atom stereocenters. The molecule has 4 rings (SSSR count). The number of ether oxygens (including phenoxy) is 1.